The monoisotopic (exact) mass is 282 g/mol. The van der Waals surface area contributed by atoms with Gasteiger partial charge in [-0.2, -0.15) is 5.10 Å². The minimum atomic E-state index is -0.337. The largest absolute Gasteiger partial charge is 0.468 e. The van der Waals surface area contributed by atoms with Gasteiger partial charge >= 0.3 is 5.97 Å². The van der Waals surface area contributed by atoms with Crippen LogP contribution in [0.15, 0.2) is 15.7 Å². The molecular formula is C11H14N4O3S. The topological polar surface area (TPSA) is 83.0 Å². The molecule has 2 rings (SSSR count). The summed E-state index contributed by atoms with van der Waals surface area (Å²) < 4.78 is 11.8. The summed E-state index contributed by atoms with van der Waals surface area (Å²) in [5.74, 6) is 0.152. The van der Waals surface area contributed by atoms with Crippen molar-refractivity contribution in [1.82, 2.24) is 20.0 Å². The van der Waals surface area contributed by atoms with E-state index in [2.05, 4.69) is 20.0 Å². The molecule has 0 amide bonds. The fourth-order valence-electron chi connectivity index (χ4n) is 1.49. The molecule has 7 nitrogen and oxygen atoms in total. The van der Waals surface area contributed by atoms with Crippen LogP contribution in [-0.4, -0.2) is 38.8 Å². The number of esters is 1. The number of nitrogens with zero attached hydrogens (tertiary/aromatic N) is 4. The number of aromatic nitrogens is 4. The molecule has 0 aliphatic rings. The zero-order valence-electron chi connectivity index (χ0n) is 10.9. The van der Waals surface area contributed by atoms with Gasteiger partial charge in [-0.1, -0.05) is 11.8 Å². The summed E-state index contributed by atoms with van der Waals surface area (Å²) in [6.45, 7) is 4.75. The summed E-state index contributed by atoms with van der Waals surface area (Å²) in [4.78, 5) is 11.0. The van der Waals surface area contributed by atoms with Crippen LogP contribution in [0.2, 0.25) is 0 Å². The summed E-state index contributed by atoms with van der Waals surface area (Å²) in [7, 11) is 1.34. The van der Waals surface area contributed by atoms with Gasteiger partial charge in [0.1, 0.15) is 11.4 Å². The molecule has 0 radical (unpaired) electrons. The fraction of sp³-hybridized carbons (Fsp3) is 0.455. The van der Waals surface area contributed by atoms with E-state index < -0.39 is 0 Å². The van der Waals surface area contributed by atoms with Crippen LogP contribution >= 0.6 is 11.8 Å². The molecule has 0 aliphatic heterocycles. The summed E-state index contributed by atoms with van der Waals surface area (Å²) >= 11 is 1.14. The van der Waals surface area contributed by atoms with Gasteiger partial charge < -0.3 is 9.15 Å². The first-order valence-corrected chi connectivity index (χ1v) is 6.70. The Morgan fingerprint density at radius 3 is 2.95 bits per heavy atom. The Kier molecular flexibility index (Phi) is 4.20. The summed E-state index contributed by atoms with van der Waals surface area (Å²) in [6, 6.07) is 1.88. The van der Waals surface area contributed by atoms with E-state index in [9.17, 15) is 4.79 Å². The SMILES string of the molecule is CCn1nc(-c2nnc(SCC(=O)OC)o2)cc1C. The van der Waals surface area contributed by atoms with Crippen molar-refractivity contribution in [3.05, 3.63) is 11.8 Å². The van der Waals surface area contributed by atoms with E-state index in [4.69, 9.17) is 4.42 Å². The summed E-state index contributed by atoms with van der Waals surface area (Å²) in [5, 5.41) is 12.4. The maximum atomic E-state index is 11.0. The third kappa shape index (κ3) is 3.14. The van der Waals surface area contributed by atoms with Crippen LogP contribution in [0.25, 0.3) is 11.6 Å². The molecule has 2 heterocycles. The van der Waals surface area contributed by atoms with Crippen molar-refractivity contribution < 1.29 is 13.9 Å². The molecule has 0 spiro atoms. The molecule has 2 aromatic heterocycles. The maximum Gasteiger partial charge on any atom is 0.316 e. The predicted octanol–water partition coefficient (Wildman–Crippen LogP) is 1.53. The molecule has 102 valence electrons. The minimum Gasteiger partial charge on any atom is -0.468 e. The molecular weight excluding hydrogens is 268 g/mol. The van der Waals surface area contributed by atoms with Crippen molar-refractivity contribution in [2.24, 2.45) is 0 Å². The second kappa shape index (κ2) is 5.87. The number of hydrogen-bond acceptors (Lipinski definition) is 7. The van der Waals surface area contributed by atoms with Crippen LogP contribution in [0.4, 0.5) is 0 Å². The molecule has 0 aliphatic carbocycles. The molecule has 0 atom stereocenters. The summed E-state index contributed by atoms with van der Waals surface area (Å²) in [5.41, 5.74) is 1.66. The van der Waals surface area contributed by atoms with Crippen LogP contribution in [0, 0.1) is 6.92 Å². The van der Waals surface area contributed by atoms with Crippen molar-refractivity contribution in [3.8, 4) is 11.6 Å². The van der Waals surface area contributed by atoms with E-state index >= 15 is 0 Å². The van der Waals surface area contributed by atoms with Gasteiger partial charge in [-0.05, 0) is 19.9 Å². The van der Waals surface area contributed by atoms with Gasteiger partial charge in [-0.25, -0.2) is 0 Å². The average molecular weight is 282 g/mol. The number of methoxy groups -OCH3 is 1. The van der Waals surface area contributed by atoms with Gasteiger partial charge in [-0.15, -0.1) is 10.2 Å². The van der Waals surface area contributed by atoms with Crippen LogP contribution in [0.3, 0.4) is 0 Å². The first-order chi connectivity index (χ1) is 9.13. The van der Waals surface area contributed by atoms with Crippen LogP contribution in [0.5, 0.6) is 0 Å². The van der Waals surface area contributed by atoms with E-state index in [1.807, 2.05) is 24.6 Å². The smallest absolute Gasteiger partial charge is 0.316 e. The number of thioether (sulfide) groups is 1. The van der Waals surface area contributed by atoms with E-state index in [0.29, 0.717) is 16.8 Å². The molecule has 8 heteroatoms. The maximum absolute atomic E-state index is 11.0. The molecule has 0 saturated heterocycles. The lowest BCUT2D eigenvalue weighted by Crippen LogP contribution is -2.02. The highest BCUT2D eigenvalue weighted by Gasteiger charge is 2.14. The normalized spacial score (nSPS) is 10.7. The van der Waals surface area contributed by atoms with Gasteiger partial charge in [0.05, 0.1) is 7.11 Å². The highest BCUT2D eigenvalue weighted by molar-refractivity contribution is 7.99. The molecule has 0 saturated carbocycles. The van der Waals surface area contributed by atoms with Crippen molar-refractivity contribution in [1.29, 1.82) is 0 Å². The van der Waals surface area contributed by atoms with Gasteiger partial charge in [0, 0.05) is 12.2 Å². The fourth-order valence-corrected chi connectivity index (χ4v) is 2.08. The van der Waals surface area contributed by atoms with Gasteiger partial charge in [0.15, 0.2) is 0 Å². The van der Waals surface area contributed by atoms with Crippen molar-refractivity contribution in [3.63, 3.8) is 0 Å². The number of hydrogen-bond donors (Lipinski definition) is 0. The molecule has 0 N–H and O–H groups in total. The third-order valence-corrected chi connectivity index (χ3v) is 3.24. The highest BCUT2D eigenvalue weighted by Crippen LogP contribution is 2.22. The van der Waals surface area contributed by atoms with Gasteiger partial charge in [0.2, 0.25) is 0 Å². The molecule has 2 aromatic rings. The molecule has 0 unspecified atom stereocenters. The van der Waals surface area contributed by atoms with E-state index in [1.165, 1.54) is 7.11 Å². The Morgan fingerprint density at radius 1 is 1.53 bits per heavy atom. The first-order valence-electron chi connectivity index (χ1n) is 5.72. The number of carbonyl (C=O) groups excluding carboxylic acids is 1. The Balaban J connectivity index is 2.09. The van der Waals surface area contributed by atoms with E-state index in [-0.39, 0.29) is 11.7 Å². The number of carbonyl (C=O) groups is 1. The molecule has 0 aromatic carbocycles. The van der Waals surface area contributed by atoms with Crippen LogP contribution < -0.4 is 0 Å². The lowest BCUT2D eigenvalue weighted by molar-refractivity contribution is -0.137. The van der Waals surface area contributed by atoms with Crippen molar-refractivity contribution >= 4 is 17.7 Å². The Labute approximate surface area is 114 Å². The van der Waals surface area contributed by atoms with Crippen molar-refractivity contribution in [2.45, 2.75) is 25.6 Å². The van der Waals surface area contributed by atoms with Gasteiger partial charge in [0.25, 0.3) is 11.1 Å². The number of rotatable bonds is 5. The second-order valence-corrected chi connectivity index (χ2v) is 4.65. The lowest BCUT2D eigenvalue weighted by Gasteiger charge is -1.95. The average Bonchev–Trinajstić information content (AvgIpc) is 3.02. The van der Waals surface area contributed by atoms with E-state index in [1.54, 1.807) is 0 Å². The van der Waals surface area contributed by atoms with Gasteiger partial charge in [-0.3, -0.25) is 9.48 Å². The number of ether oxygens (including phenoxy) is 1. The zero-order chi connectivity index (χ0) is 13.8. The second-order valence-electron chi connectivity index (χ2n) is 3.72. The minimum absolute atomic E-state index is 0.139. The van der Waals surface area contributed by atoms with E-state index in [0.717, 1.165) is 24.0 Å². The Morgan fingerprint density at radius 2 is 2.32 bits per heavy atom. The lowest BCUT2D eigenvalue weighted by atomic mass is 10.4. The standard InChI is InChI=1S/C11H14N4O3S/c1-4-15-7(2)5-8(14-15)10-12-13-11(18-10)19-6-9(16)17-3/h5H,4,6H2,1-3H3. The quantitative estimate of drug-likeness (QED) is 0.607. The van der Waals surface area contributed by atoms with Crippen LogP contribution in [-0.2, 0) is 16.1 Å². The zero-order valence-corrected chi connectivity index (χ0v) is 11.7. The molecule has 0 fully saturated rings. The molecule has 0 bridgehead atoms. The Hall–Kier alpha value is -1.83. The summed E-state index contributed by atoms with van der Waals surface area (Å²) in [6.07, 6.45) is 0. The first kappa shape index (κ1) is 13.6. The predicted molar refractivity (Wildman–Crippen MR) is 68.7 cm³/mol. The Bertz CT molecular complexity index is 578. The number of aryl methyl sites for hydroxylation is 2. The third-order valence-electron chi connectivity index (χ3n) is 2.45. The van der Waals surface area contributed by atoms with Crippen molar-refractivity contribution in [2.75, 3.05) is 12.9 Å². The molecule has 19 heavy (non-hydrogen) atoms. The highest BCUT2D eigenvalue weighted by atomic mass is 32.2. The van der Waals surface area contributed by atoms with Crippen LogP contribution in [0.1, 0.15) is 12.6 Å².